The number of carboxylic acid groups (broad SMARTS) is 1. The summed E-state index contributed by atoms with van der Waals surface area (Å²) in [5.41, 5.74) is 1.57. The minimum absolute atomic E-state index is 0.0669. The molecule has 0 amide bonds. The van der Waals surface area contributed by atoms with Gasteiger partial charge in [-0.15, -0.1) is 0 Å². The van der Waals surface area contributed by atoms with Crippen LogP contribution in [0.1, 0.15) is 21.8 Å². The molecule has 1 aliphatic heterocycles. The SMILES string of the molecule is CO[C@@H]1CN(c2noc(-c3ccccc3)c2C(=O)O)C[C@H]1Cc1cc(C)no1. The highest BCUT2D eigenvalue weighted by Gasteiger charge is 2.38. The smallest absolute Gasteiger partial charge is 0.343 e. The summed E-state index contributed by atoms with van der Waals surface area (Å²) in [4.78, 5) is 13.9. The first-order valence-electron chi connectivity index (χ1n) is 9.05. The molecule has 1 aromatic carbocycles. The molecule has 8 nitrogen and oxygen atoms in total. The molecule has 1 N–H and O–H groups in total. The third-order valence-electron chi connectivity index (χ3n) is 5.05. The van der Waals surface area contributed by atoms with E-state index in [0.717, 1.165) is 11.5 Å². The van der Waals surface area contributed by atoms with E-state index >= 15 is 0 Å². The molecule has 1 fully saturated rings. The molecule has 28 heavy (non-hydrogen) atoms. The molecule has 0 bridgehead atoms. The number of ether oxygens (including phenoxy) is 1. The van der Waals surface area contributed by atoms with Crippen molar-refractivity contribution in [1.29, 1.82) is 0 Å². The van der Waals surface area contributed by atoms with E-state index in [1.165, 1.54) is 0 Å². The molecule has 1 aliphatic rings. The standard InChI is InChI=1S/C20H21N3O5/c1-12-8-15(27-21-12)9-14-10-23(11-16(14)26-2)19-17(20(24)25)18(28-22-19)13-6-4-3-5-7-13/h3-8,14,16H,9-11H2,1-2H3,(H,24,25)/t14-,16-/m1/s1. The summed E-state index contributed by atoms with van der Waals surface area (Å²) >= 11 is 0. The Labute approximate surface area is 161 Å². The molecular formula is C20H21N3O5. The van der Waals surface area contributed by atoms with Crippen LogP contribution in [0, 0.1) is 12.8 Å². The lowest BCUT2D eigenvalue weighted by atomic mass is 10.0. The molecule has 0 radical (unpaired) electrons. The zero-order valence-corrected chi connectivity index (χ0v) is 15.7. The van der Waals surface area contributed by atoms with Crippen molar-refractivity contribution in [3.63, 3.8) is 0 Å². The number of hydrogen-bond acceptors (Lipinski definition) is 7. The van der Waals surface area contributed by atoms with Gasteiger partial charge in [-0.25, -0.2) is 4.79 Å². The monoisotopic (exact) mass is 383 g/mol. The van der Waals surface area contributed by atoms with Gasteiger partial charge >= 0.3 is 5.97 Å². The molecule has 2 aromatic heterocycles. The van der Waals surface area contributed by atoms with E-state index in [1.54, 1.807) is 19.2 Å². The lowest BCUT2D eigenvalue weighted by molar-refractivity contribution is 0.0697. The quantitative estimate of drug-likeness (QED) is 0.693. The molecule has 0 saturated carbocycles. The van der Waals surface area contributed by atoms with Gasteiger partial charge in [0.2, 0.25) is 0 Å². The van der Waals surface area contributed by atoms with Crippen LogP contribution < -0.4 is 4.90 Å². The maximum absolute atomic E-state index is 12.0. The highest BCUT2D eigenvalue weighted by atomic mass is 16.5. The fourth-order valence-electron chi connectivity index (χ4n) is 3.73. The Morgan fingerprint density at radius 3 is 2.68 bits per heavy atom. The van der Waals surface area contributed by atoms with Gasteiger partial charge in [0.25, 0.3) is 0 Å². The maximum atomic E-state index is 12.0. The van der Waals surface area contributed by atoms with Crippen LogP contribution in [-0.2, 0) is 11.2 Å². The minimum atomic E-state index is -1.07. The van der Waals surface area contributed by atoms with Crippen molar-refractivity contribution in [2.45, 2.75) is 19.4 Å². The van der Waals surface area contributed by atoms with Gasteiger partial charge in [-0.2, -0.15) is 0 Å². The van der Waals surface area contributed by atoms with Gasteiger partial charge in [0.1, 0.15) is 5.76 Å². The number of aromatic nitrogens is 2. The molecule has 0 unspecified atom stereocenters. The van der Waals surface area contributed by atoms with E-state index in [2.05, 4.69) is 10.3 Å². The van der Waals surface area contributed by atoms with Gasteiger partial charge in [-0.3, -0.25) is 0 Å². The van der Waals surface area contributed by atoms with Crippen molar-refractivity contribution in [3.8, 4) is 11.3 Å². The van der Waals surface area contributed by atoms with Crippen molar-refractivity contribution in [3.05, 3.63) is 53.4 Å². The number of nitrogens with zero attached hydrogens (tertiary/aromatic N) is 3. The van der Waals surface area contributed by atoms with E-state index in [4.69, 9.17) is 13.8 Å². The van der Waals surface area contributed by atoms with E-state index in [1.807, 2.05) is 36.1 Å². The highest BCUT2D eigenvalue weighted by Crippen LogP contribution is 2.35. The molecule has 0 aliphatic carbocycles. The predicted molar refractivity (Wildman–Crippen MR) is 100 cm³/mol. The van der Waals surface area contributed by atoms with Crippen LogP contribution in [0.4, 0.5) is 5.82 Å². The number of benzene rings is 1. The van der Waals surface area contributed by atoms with Crippen LogP contribution in [0.2, 0.25) is 0 Å². The largest absolute Gasteiger partial charge is 0.477 e. The van der Waals surface area contributed by atoms with Crippen molar-refractivity contribution in [1.82, 2.24) is 10.3 Å². The van der Waals surface area contributed by atoms with Gasteiger partial charge in [0.15, 0.2) is 17.1 Å². The van der Waals surface area contributed by atoms with Crippen LogP contribution >= 0.6 is 0 Å². The second-order valence-corrected chi connectivity index (χ2v) is 6.96. The molecular weight excluding hydrogens is 362 g/mol. The summed E-state index contributed by atoms with van der Waals surface area (Å²) in [7, 11) is 1.66. The summed E-state index contributed by atoms with van der Waals surface area (Å²) < 4.78 is 16.4. The third kappa shape index (κ3) is 3.38. The van der Waals surface area contributed by atoms with E-state index in [9.17, 15) is 9.90 Å². The normalized spacial score (nSPS) is 19.3. The van der Waals surface area contributed by atoms with Crippen LogP contribution in [0.15, 0.2) is 45.4 Å². The summed E-state index contributed by atoms with van der Waals surface area (Å²) in [5.74, 6) is 0.417. The fraction of sp³-hybridized carbons (Fsp3) is 0.350. The zero-order chi connectivity index (χ0) is 19.7. The number of aromatic carboxylic acids is 1. The average molecular weight is 383 g/mol. The van der Waals surface area contributed by atoms with E-state index in [-0.39, 0.29) is 23.3 Å². The first-order chi connectivity index (χ1) is 13.6. The molecule has 8 heteroatoms. The topological polar surface area (TPSA) is 102 Å². The van der Waals surface area contributed by atoms with Crippen LogP contribution in [-0.4, -0.2) is 47.7 Å². The Bertz CT molecular complexity index is 965. The first kappa shape index (κ1) is 18.2. The summed E-state index contributed by atoms with van der Waals surface area (Å²) in [5, 5.41) is 17.8. The van der Waals surface area contributed by atoms with Crippen LogP contribution in [0.5, 0.6) is 0 Å². The first-order valence-corrected chi connectivity index (χ1v) is 9.05. The van der Waals surface area contributed by atoms with E-state index in [0.29, 0.717) is 30.9 Å². The zero-order valence-electron chi connectivity index (χ0n) is 15.7. The molecule has 0 spiro atoms. The minimum Gasteiger partial charge on any atom is -0.477 e. The number of carbonyl (C=O) groups is 1. The van der Waals surface area contributed by atoms with Crippen LogP contribution in [0.25, 0.3) is 11.3 Å². The van der Waals surface area contributed by atoms with Gasteiger partial charge in [-0.1, -0.05) is 40.6 Å². The summed E-state index contributed by atoms with van der Waals surface area (Å²) in [6.07, 6.45) is 0.575. The van der Waals surface area contributed by atoms with Gasteiger partial charge < -0.3 is 23.8 Å². The Morgan fingerprint density at radius 1 is 1.25 bits per heavy atom. The molecule has 4 rings (SSSR count). The number of hydrogen-bond donors (Lipinski definition) is 1. The number of rotatable bonds is 6. The summed E-state index contributed by atoms with van der Waals surface area (Å²) in [6.45, 7) is 2.98. The van der Waals surface area contributed by atoms with Crippen molar-refractivity contribution < 1.29 is 23.7 Å². The average Bonchev–Trinajstić information content (AvgIpc) is 3.40. The number of aryl methyl sites for hydroxylation is 1. The Balaban J connectivity index is 1.62. The van der Waals surface area contributed by atoms with Gasteiger partial charge in [0.05, 0.1) is 11.8 Å². The molecule has 1 saturated heterocycles. The maximum Gasteiger partial charge on any atom is 0.343 e. The predicted octanol–water partition coefficient (Wildman–Crippen LogP) is 3.03. The molecule has 2 atom stereocenters. The third-order valence-corrected chi connectivity index (χ3v) is 5.05. The highest BCUT2D eigenvalue weighted by molar-refractivity contribution is 5.99. The fourth-order valence-corrected chi connectivity index (χ4v) is 3.73. The molecule has 3 aromatic rings. The second-order valence-electron chi connectivity index (χ2n) is 6.96. The van der Waals surface area contributed by atoms with E-state index < -0.39 is 5.97 Å². The summed E-state index contributed by atoms with van der Waals surface area (Å²) in [6, 6.07) is 11.0. The van der Waals surface area contributed by atoms with Crippen LogP contribution in [0.3, 0.4) is 0 Å². The van der Waals surface area contributed by atoms with Crippen molar-refractivity contribution >= 4 is 11.8 Å². The lowest BCUT2D eigenvalue weighted by Crippen LogP contribution is -2.24. The Hall–Kier alpha value is -3.13. The Kier molecular flexibility index (Phi) is 4.87. The Morgan fingerprint density at radius 2 is 2.04 bits per heavy atom. The number of anilines is 1. The molecule has 3 heterocycles. The number of carboxylic acids is 1. The van der Waals surface area contributed by atoms with Crippen molar-refractivity contribution in [2.24, 2.45) is 5.92 Å². The number of methoxy groups -OCH3 is 1. The lowest BCUT2D eigenvalue weighted by Gasteiger charge is -2.15. The van der Waals surface area contributed by atoms with Gasteiger partial charge in [-0.05, 0) is 6.92 Å². The molecule has 146 valence electrons. The second kappa shape index (κ2) is 7.47. The van der Waals surface area contributed by atoms with Gasteiger partial charge in [0, 0.05) is 44.2 Å². The van der Waals surface area contributed by atoms with Crippen molar-refractivity contribution in [2.75, 3.05) is 25.1 Å².